The highest BCUT2D eigenvalue weighted by Gasteiger charge is 2.13. The summed E-state index contributed by atoms with van der Waals surface area (Å²) < 4.78 is 21.7. The number of fused-ring (bicyclic) bond motifs is 2. The second-order valence-electron chi connectivity index (χ2n) is 5.06. The molecule has 112 valence electrons. The lowest BCUT2D eigenvalue weighted by molar-refractivity contribution is 0.171. The summed E-state index contributed by atoms with van der Waals surface area (Å²) in [7, 11) is 0. The second-order valence-corrected chi connectivity index (χ2v) is 5.06. The zero-order valence-electron chi connectivity index (χ0n) is 12.0. The molecule has 0 unspecified atom stereocenters. The number of ether oxygens (including phenoxy) is 4. The average molecular weight is 297 g/mol. The molecule has 5 heteroatoms. The van der Waals surface area contributed by atoms with E-state index in [0.29, 0.717) is 26.6 Å². The molecule has 0 atom stereocenters. The van der Waals surface area contributed by atoms with Crippen LogP contribution >= 0.6 is 0 Å². The van der Waals surface area contributed by atoms with Crippen LogP contribution in [0.3, 0.4) is 0 Å². The van der Waals surface area contributed by atoms with Gasteiger partial charge in [0.15, 0.2) is 23.0 Å². The van der Waals surface area contributed by atoms with Gasteiger partial charge in [-0.2, -0.15) is 0 Å². The van der Waals surface area contributed by atoms with Crippen molar-refractivity contribution in [2.45, 2.75) is 6.54 Å². The van der Waals surface area contributed by atoms with Crippen LogP contribution in [0.4, 0.5) is 0 Å². The highest BCUT2D eigenvalue weighted by Crippen LogP contribution is 2.33. The summed E-state index contributed by atoms with van der Waals surface area (Å²) in [6, 6.07) is 11.7. The second kappa shape index (κ2) is 5.60. The van der Waals surface area contributed by atoms with Crippen molar-refractivity contribution in [2.75, 3.05) is 20.0 Å². The van der Waals surface area contributed by atoms with Gasteiger partial charge in [-0.3, -0.25) is 4.99 Å². The zero-order chi connectivity index (χ0) is 14.8. The fourth-order valence-corrected chi connectivity index (χ4v) is 2.44. The lowest BCUT2D eigenvalue weighted by Crippen LogP contribution is -2.15. The Kier molecular flexibility index (Phi) is 3.31. The topological polar surface area (TPSA) is 49.3 Å². The van der Waals surface area contributed by atoms with Crippen molar-refractivity contribution in [2.24, 2.45) is 4.99 Å². The summed E-state index contributed by atoms with van der Waals surface area (Å²) in [5, 5.41) is 0. The van der Waals surface area contributed by atoms with Gasteiger partial charge in [-0.15, -0.1) is 0 Å². The van der Waals surface area contributed by atoms with Crippen molar-refractivity contribution < 1.29 is 18.9 Å². The molecular formula is C17H15NO4. The molecule has 2 aromatic carbocycles. The summed E-state index contributed by atoms with van der Waals surface area (Å²) in [5.41, 5.74) is 2.07. The molecule has 0 aromatic heterocycles. The van der Waals surface area contributed by atoms with Gasteiger partial charge >= 0.3 is 0 Å². The Labute approximate surface area is 128 Å². The quantitative estimate of drug-likeness (QED) is 0.817. The molecule has 0 saturated carbocycles. The third-order valence-corrected chi connectivity index (χ3v) is 3.52. The van der Waals surface area contributed by atoms with Gasteiger partial charge in [-0.1, -0.05) is 6.07 Å². The first-order chi connectivity index (χ1) is 10.9. The molecule has 0 N–H and O–H groups in total. The minimum absolute atomic E-state index is 0.291. The molecule has 0 fully saturated rings. The highest BCUT2D eigenvalue weighted by molar-refractivity contribution is 5.81. The van der Waals surface area contributed by atoms with Crippen molar-refractivity contribution in [1.82, 2.24) is 0 Å². The summed E-state index contributed by atoms with van der Waals surface area (Å²) in [6.07, 6.45) is 1.84. The molecule has 0 bridgehead atoms. The first-order valence-electron chi connectivity index (χ1n) is 7.16. The maximum atomic E-state index is 5.56. The monoisotopic (exact) mass is 297 g/mol. The number of rotatable bonds is 3. The normalized spacial score (nSPS) is 15.3. The molecule has 4 rings (SSSR count). The molecule has 2 aromatic rings. The van der Waals surface area contributed by atoms with Crippen LogP contribution in [0.15, 0.2) is 41.4 Å². The van der Waals surface area contributed by atoms with Gasteiger partial charge in [0.25, 0.3) is 0 Å². The van der Waals surface area contributed by atoms with E-state index in [9.17, 15) is 0 Å². The lowest BCUT2D eigenvalue weighted by atomic mass is 10.2. The van der Waals surface area contributed by atoms with Gasteiger partial charge in [0, 0.05) is 6.21 Å². The van der Waals surface area contributed by atoms with Crippen LogP contribution in [-0.2, 0) is 6.54 Å². The van der Waals surface area contributed by atoms with Gasteiger partial charge in [0.2, 0.25) is 6.79 Å². The number of aliphatic imine (C=N–C) groups is 1. The minimum atomic E-state index is 0.291. The Hall–Kier alpha value is -2.69. The van der Waals surface area contributed by atoms with E-state index >= 15 is 0 Å². The summed E-state index contributed by atoms with van der Waals surface area (Å²) in [6.45, 7) is 2.07. The average Bonchev–Trinajstić information content (AvgIpc) is 3.02. The molecule has 0 amide bonds. The molecule has 2 aliphatic heterocycles. The van der Waals surface area contributed by atoms with Gasteiger partial charge in [-0.05, 0) is 41.5 Å². The van der Waals surface area contributed by atoms with E-state index in [1.807, 2.05) is 42.6 Å². The number of hydrogen-bond acceptors (Lipinski definition) is 5. The van der Waals surface area contributed by atoms with Gasteiger partial charge in [-0.25, -0.2) is 0 Å². The molecule has 22 heavy (non-hydrogen) atoms. The molecule has 5 nitrogen and oxygen atoms in total. The fraction of sp³-hybridized carbons (Fsp3) is 0.235. The molecule has 0 radical (unpaired) electrons. The predicted molar refractivity (Wildman–Crippen MR) is 81.3 cm³/mol. The van der Waals surface area contributed by atoms with E-state index in [4.69, 9.17) is 18.9 Å². The number of benzene rings is 2. The Balaban J connectivity index is 1.46. The summed E-state index contributed by atoms with van der Waals surface area (Å²) in [4.78, 5) is 4.47. The Morgan fingerprint density at radius 3 is 2.50 bits per heavy atom. The SMILES string of the molecule is C(=NCc1ccc2c(c1)OCO2)c1ccc2c(c1)OCCO2. The first kappa shape index (κ1) is 13.0. The Morgan fingerprint density at radius 1 is 0.818 bits per heavy atom. The fourth-order valence-electron chi connectivity index (χ4n) is 2.44. The van der Waals surface area contributed by atoms with Gasteiger partial charge in [0.05, 0.1) is 6.54 Å². The van der Waals surface area contributed by atoms with Crippen molar-refractivity contribution in [3.05, 3.63) is 47.5 Å². The highest BCUT2D eigenvalue weighted by atomic mass is 16.7. The first-order valence-corrected chi connectivity index (χ1v) is 7.16. The van der Waals surface area contributed by atoms with Crippen molar-refractivity contribution in [3.8, 4) is 23.0 Å². The van der Waals surface area contributed by atoms with E-state index in [2.05, 4.69) is 4.99 Å². The Bertz CT molecular complexity index is 727. The van der Waals surface area contributed by atoms with E-state index in [1.54, 1.807) is 0 Å². The maximum Gasteiger partial charge on any atom is 0.231 e. The van der Waals surface area contributed by atoms with Gasteiger partial charge in [0.1, 0.15) is 13.2 Å². The summed E-state index contributed by atoms with van der Waals surface area (Å²) >= 11 is 0. The van der Waals surface area contributed by atoms with Crippen molar-refractivity contribution >= 4 is 6.21 Å². The van der Waals surface area contributed by atoms with E-state index < -0.39 is 0 Å². The molecule has 2 aliphatic rings. The van der Waals surface area contributed by atoms with Crippen LogP contribution < -0.4 is 18.9 Å². The molecule has 0 aliphatic carbocycles. The molecule has 0 spiro atoms. The lowest BCUT2D eigenvalue weighted by Gasteiger charge is -2.18. The Morgan fingerprint density at radius 2 is 1.55 bits per heavy atom. The smallest absolute Gasteiger partial charge is 0.231 e. The van der Waals surface area contributed by atoms with Crippen LogP contribution in [0.2, 0.25) is 0 Å². The third kappa shape index (κ3) is 2.57. The van der Waals surface area contributed by atoms with Crippen molar-refractivity contribution in [3.63, 3.8) is 0 Å². The van der Waals surface area contributed by atoms with Crippen LogP contribution in [0, 0.1) is 0 Å². The minimum Gasteiger partial charge on any atom is -0.486 e. The third-order valence-electron chi connectivity index (χ3n) is 3.52. The summed E-state index contributed by atoms with van der Waals surface area (Å²) in [5.74, 6) is 3.14. The number of nitrogens with zero attached hydrogens (tertiary/aromatic N) is 1. The largest absolute Gasteiger partial charge is 0.486 e. The van der Waals surface area contributed by atoms with Crippen LogP contribution in [0.1, 0.15) is 11.1 Å². The number of hydrogen-bond donors (Lipinski definition) is 0. The van der Waals surface area contributed by atoms with E-state index in [0.717, 1.165) is 34.1 Å². The standard InChI is InChI=1S/C17H15NO4/c1-3-14-16(20-6-5-19-14)7-12(1)9-18-10-13-2-4-15-17(8-13)22-11-21-15/h1-4,7-9H,5-6,10-11H2. The maximum absolute atomic E-state index is 5.56. The molecule has 2 heterocycles. The van der Waals surface area contributed by atoms with Crippen molar-refractivity contribution in [1.29, 1.82) is 0 Å². The van der Waals surface area contributed by atoms with Crippen LogP contribution in [-0.4, -0.2) is 26.2 Å². The van der Waals surface area contributed by atoms with E-state index in [1.165, 1.54) is 0 Å². The molecule has 0 saturated heterocycles. The van der Waals surface area contributed by atoms with Gasteiger partial charge < -0.3 is 18.9 Å². The van der Waals surface area contributed by atoms with E-state index in [-0.39, 0.29) is 0 Å². The predicted octanol–water partition coefficient (Wildman–Crippen LogP) is 2.81. The van der Waals surface area contributed by atoms with Crippen LogP contribution in [0.5, 0.6) is 23.0 Å². The molecular weight excluding hydrogens is 282 g/mol. The zero-order valence-corrected chi connectivity index (χ0v) is 12.0. The van der Waals surface area contributed by atoms with Crippen LogP contribution in [0.25, 0.3) is 0 Å².